The summed E-state index contributed by atoms with van der Waals surface area (Å²) >= 11 is 1.63. The van der Waals surface area contributed by atoms with E-state index >= 15 is 0 Å². The number of hydrogen-bond acceptors (Lipinski definition) is 5. The fraction of sp³-hybridized carbons (Fsp3) is 0.455. The lowest BCUT2D eigenvalue weighted by Gasteiger charge is -2.01. The Morgan fingerprint density at radius 2 is 2.38 bits per heavy atom. The van der Waals surface area contributed by atoms with Gasteiger partial charge in [0.05, 0.1) is 0 Å². The molecule has 0 unspecified atom stereocenters. The van der Waals surface area contributed by atoms with Gasteiger partial charge in [-0.05, 0) is 30.7 Å². The first kappa shape index (κ1) is 9.99. The second-order valence-electron chi connectivity index (χ2n) is 4.24. The molecule has 0 spiro atoms. The zero-order chi connectivity index (χ0) is 11.0. The summed E-state index contributed by atoms with van der Waals surface area (Å²) in [6.45, 7) is 0. The topological polar surface area (TPSA) is 64.9 Å². The molecule has 0 amide bonds. The monoisotopic (exact) mass is 235 g/mol. The molecule has 2 heterocycles. The molecule has 3 rings (SSSR count). The van der Waals surface area contributed by atoms with Crippen LogP contribution in [0.4, 0.5) is 0 Å². The van der Waals surface area contributed by atoms with Gasteiger partial charge in [0.25, 0.3) is 0 Å². The van der Waals surface area contributed by atoms with Crippen LogP contribution in [0.15, 0.2) is 21.3 Å². The Kier molecular flexibility index (Phi) is 2.49. The van der Waals surface area contributed by atoms with Gasteiger partial charge in [0.2, 0.25) is 11.7 Å². The second kappa shape index (κ2) is 3.99. The van der Waals surface area contributed by atoms with Gasteiger partial charge in [-0.25, -0.2) is 0 Å². The first-order chi connectivity index (χ1) is 7.83. The van der Waals surface area contributed by atoms with Gasteiger partial charge < -0.3 is 10.3 Å². The highest BCUT2D eigenvalue weighted by molar-refractivity contribution is 7.08. The minimum Gasteiger partial charge on any atom is -0.339 e. The molecule has 2 atom stereocenters. The van der Waals surface area contributed by atoms with Gasteiger partial charge in [-0.1, -0.05) is 5.16 Å². The fourth-order valence-electron chi connectivity index (χ4n) is 2.15. The van der Waals surface area contributed by atoms with Gasteiger partial charge in [-0.15, -0.1) is 0 Å². The summed E-state index contributed by atoms with van der Waals surface area (Å²) < 4.78 is 5.31. The van der Waals surface area contributed by atoms with Crippen LogP contribution in [0, 0.1) is 0 Å². The minimum atomic E-state index is 0.293. The average Bonchev–Trinajstić information content (AvgIpc) is 2.97. The molecule has 84 valence electrons. The Labute approximate surface area is 97.5 Å². The molecule has 0 aromatic carbocycles. The van der Waals surface area contributed by atoms with Gasteiger partial charge in [-0.3, -0.25) is 0 Å². The third-order valence-corrected chi connectivity index (χ3v) is 3.73. The standard InChI is InChI=1S/C11H13N3OS/c12-9-2-1-7(5-9)11-13-10(14-15-11)8-3-4-16-6-8/h3-4,6-7,9H,1-2,5,12H2/t7-,9+/m1/s1. The van der Waals surface area contributed by atoms with Crippen LogP contribution < -0.4 is 5.73 Å². The van der Waals surface area contributed by atoms with Crippen LogP contribution in [-0.4, -0.2) is 16.2 Å². The maximum Gasteiger partial charge on any atom is 0.230 e. The smallest absolute Gasteiger partial charge is 0.230 e. The third kappa shape index (κ3) is 1.76. The average molecular weight is 235 g/mol. The number of hydrogen-bond donors (Lipinski definition) is 1. The van der Waals surface area contributed by atoms with Crippen molar-refractivity contribution in [3.05, 3.63) is 22.7 Å². The Bertz CT molecular complexity index is 465. The summed E-state index contributed by atoms with van der Waals surface area (Å²) in [4.78, 5) is 4.44. The van der Waals surface area contributed by atoms with Gasteiger partial charge >= 0.3 is 0 Å². The van der Waals surface area contributed by atoms with Gasteiger partial charge in [-0.2, -0.15) is 16.3 Å². The van der Waals surface area contributed by atoms with E-state index in [1.165, 1.54) is 0 Å². The molecular formula is C11H13N3OS. The van der Waals surface area contributed by atoms with Crippen LogP contribution in [0.2, 0.25) is 0 Å². The number of nitrogens with zero attached hydrogens (tertiary/aromatic N) is 2. The predicted molar refractivity (Wildman–Crippen MR) is 62.2 cm³/mol. The molecule has 0 radical (unpaired) electrons. The van der Waals surface area contributed by atoms with Crippen molar-refractivity contribution in [1.82, 2.24) is 10.1 Å². The van der Waals surface area contributed by atoms with Crippen molar-refractivity contribution >= 4 is 11.3 Å². The Balaban J connectivity index is 1.83. The van der Waals surface area contributed by atoms with Crippen LogP contribution in [-0.2, 0) is 0 Å². The van der Waals surface area contributed by atoms with Crippen molar-refractivity contribution < 1.29 is 4.52 Å². The van der Waals surface area contributed by atoms with E-state index in [1.807, 2.05) is 16.8 Å². The largest absolute Gasteiger partial charge is 0.339 e. The zero-order valence-corrected chi connectivity index (χ0v) is 9.61. The second-order valence-corrected chi connectivity index (χ2v) is 5.02. The first-order valence-electron chi connectivity index (χ1n) is 5.44. The van der Waals surface area contributed by atoms with E-state index < -0.39 is 0 Å². The maximum atomic E-state index is 5.88. The molecule has 16 heavy (non-hydrogen) atoms. The highest BCUT2D eigenvalue weighted by atomic mass is 32.1. The Morgan fingerprint density at radius 1 is 1.44 bits per heavy atom. The van der Waals surface area contributed by atoms with Crippen molar-refractivity contribution in [2.75, 3.05) is 0 Å². The van der Waals surface area contributed by atoms with E-state index in [9.17, 15) is 0 Å². The summed E-state index contributed by atoms with van der Waals surface area (Å²) in [5.74, 6) is 1.79. The number of rotatable bonds is 2. The SMILES string of the molecule is N[C@H]1CC[C@@H](c2nc(-c3ccsc3)no2)C1. The van der Waals surface area contributed by atoms with Gasteiger partial charge in [0.1, 0.15) is 0 Å². The normalized spacial score (nSPS) is 25.1. The summed E-state index contributed by atoms with van der Waals surface area (Å²) in [6.07, 6.45) is 3.08. The summed E-state index contributed by atoms with van der Waals surface area (Å²) in [7, 11) is 0. The molecule has 0 aliphatic heterocycles. The molecule has 2 aromatic rings. The maximum absolute atomic E-state index is 5.88. The van der Waals surface area contributed by atoms with E-state index in [-0.39, 0.29) is 0 Å². The Morgan fingerprint density at radius 3 is 3.06 bits per heavy atom. The molecule has 1 aliphatic rings. The third-order valence-electron chi connectivity index (χ3n) is 3.04. The quantitative estimate of drug-likeness (QED) is 0.868. The van der Waals surface area contributed by atoms with Crippen LogP contribution in [0.25, 0.3) is 11.4 Å². The molecular weight excluding hydrogens is 222 g/mol. The van der Waals surface area contributed by atoms with Crippen molar-refractivity contribution in [2.45, 2.75) is 31.2 Å². The lowest BCUT2D eigenvalue weighted by Crippen LogP contribution is -2.14. The highest BCUT2D eigenvalue weighted by Crippen LogP contribution is 2.33. The molecule has 0 saturated heterocycles. The number of thiophene rings is 1. The molecule has 1 aliphatic carbocycles. The van der Waals surface area contributed by atoms with E-state index in [4.69, 9.17) is 10.3 Å². The summed E-state index contributed by atoms with van der Waals surface area (Å²) in [5.41, 5.74) is 6.91. The highest BCUT2D eigenvalue weighted by Gasteiger charge is 2.27. The lowest BCUT2D eigenvalue weighted by molar-refractivity contribution is 0.353. The van der Waals surface area contributed by atoms with Crippen molar-refractivity contribution in [1.29, 1.82) is 0 Å². The van der Waals surface area contributed by atoms with Crippen LogP contribution in [0.3, 0.4) is 0 Å². The molecule has 1 fully saturated rings. The van der Waals surface area contributed by atoms with Crippen molar-refractivity contribution in [2.24, 2.45) is 5.73 Å². The first-order valence-corrected chi connectivity index (χ1v) is 6.39. The van der Waals surface area contributed by atoms with Crippen LogP contribution in [0.1, 0.15) is 31.1 Å². The Hall–Kier alpha value is -1.20. The van der Waals surface area contributed by atoms with E-state index in [1.54, 1.807) is 11.3 Å². The molecule has 5 heteroatoms. The fourth-order valence-corrected chi connectivity index (χ4v) is 2.79. The predicted octanol–water partition coefficient (Wildman–Crippen LogP) is 2.39. The van der Waals surface area contributed by atoms with E-state index in [0.717, 1.165) is 30.7 Å². The molecule has 1 saturated carbocycles. The van der Waals surface area contributed by atoms with E-state index in [2.05, 4.69) is 10.1 Å². The van der Waals surface area contributed by atoms with Crippen molar-refractivity contribution in [3.8, 4) is 11.4 Å². The lowest BCUT2D eigenvalue weighted by atomic mass is 10.1. The van der Waals surface area contributed by atoms with E-state index in [0.29, 0.717) is 17.8 Å². The van der Waals surface area contributed by atoms with Gasteiger partial charge in [0, 0.05) is 22.9 Å². The minimum absolute atomic E-state index is 0.293. The van der Waals surface area contributed by atoms with Crippen LogP contribution >= 0.6 is 11.3 Å². The van der Waals surface area contributed by atoms with Crippen molar-refractivity contribution in [3.63, 3.8) is 0 Å². The molecule has 2 aromatic heterocycles. The molecule has 4 nitrogen and oxygen atoms in total. The summed E-state index contributed by atoms with van der Waals surface area (Å²) in [6, 6.07) is 2.29. The number of nitrogens with two attached hydrogens (primary N) is 1. The molecule has 0 bridgehead atoms. The zero-order valence-electron chi connectivity index (χ0n) is 8.80. The number of aromatic nitrogens is 2. The summed E-state index contributed by atoms with van der Waals surface area (Å²) in [5, 5.41) is 8.04. The van der Waals surface area contributed by atoms with Crippen LogP contribution in [0.5, 0.6) is 0 Å². The molecule has 2 N–H and O–H groups in total. The van der Waals surface area contributed by atoms with Gasteiger partial charge in [0.15, 0.2) is 0 Å².